The van der Waals surface area contributed by atoms with Crippen LogP contribution in [0.15, 0.2) is 67.0 Å². The van der Waals surface area contributed by atoms with Crippen molar-refractivity contribution < 1.29 is 30.0 Å². The second-order valence-electron chi connectivity index (χ2n) is 11.0. The molecule has 7 heteroatoms. The second-order valence-corrected chi connectivity index (χ2v) is 11.0. The average molecular weight is 724 g/mol. The summed E-state index contributed by atoms with van der Waals surface area (Å²) in [7, 11) is 4.27. The number of aromatic carboxylic acids is 1. The van der Waals surface area contributed by atoms with Gasteiger partial charge in [-0.05, 0) is 90.8 Å². The summed E-state index contributed by atoms with van der Waals surface area (Å²) in [5, 5.41) is 8.68. The normalized spacial score (nSPS) is 15.6. The van der Waals surface area contributed by atoms with Crippen LogP contribution in [0.4, 0.5) is 22.7 Å². The minimum absolute atomic E-state index is 0. The fraction of sp³-hybridized carbons (Fsp3) is 0.324. The standard InChI is InChI=1S/C23H22N3.C11H13NO2.Ir/c1-25-20-11-5-6-12-21(20)26(2)23-18(10-7-13-22(23)25)19-14-16-8-3-4-9-17(16)15-24-19;13-11(14)10-6-5-9(7-12-10)8-3-1-2-4-8;/h5-7,11-15H,3-4,8-9H2,1-2H3;5-8H,1-4H2,(H,13,14);/q-1;;. The Bertz CT molecular complexity index is 1530. The third-order valence-corrected chi connectivity index (χ3v) is 8.56. The zero-order valence-corrected chi connectivity index (χ0v) is 26.0. The Morgan fingerprint density at radius 2 is 1.56 bits per heavy atom. The monoisotopic (exact) mass is 724 g/mol. The quantitative estimate of drug-likeness (QED) is 0.219. The molecule has 0 saturated heterocycles. The maximum atomic E-state index is 10.6. The number of carboxylic acids is 1. The van der Waals surface area contributed by atoms with Gasteiger partial charge in [0.1, 0.15) is 5.69 Å². The number of aryl methyl sites for hydroxylation is 2. The number of carboxylic acid groups (broad SMARTS) is 1. The summed E-state index contributed by atoms with van der Waals surface area (Å²) in [4.78, 5) is 23.8. The van der Waals surface area contributed by atoms with Gasteiger partial charge in [0.05, 0.1) is 11.4 Å². The number of rotatable bonds is 3. The maximum Gasteiger partial charge on any atom is 0.354 e. The molecule has 6 nitrogen and oxygen atoms in total. The number of carbonyl (C=O) groups is 1. The molecule has 1 fully saturated rings. The van der Waals surface area contributed by atoms with Crippen LogP contribution in [0.5, 0.6) is 0 Å². The minimum Gasteiger partial charge on any atom is -0.477 e. The van der Waals surface area contributed by atoms with E-state index in [1.807, 2.05) is 12.1 Å². The van der Waals surface area contributed by atoms with Crippen LogP contribution in [-0.2, 0) is 32.9 Å². The molecule has 0 spiro atoms. The Morgan fingerprint density at radius 1 is 0.854 bits per heavy atom. The number of fused-ring (bicyclic) bond motifs is 3. The van der Waals surface area contributed by atoms with E-state index in [2.05, 4.69) is 77.5 Å². The van der Waals surface area contributed by atoms with Gasteiger partial charge in [-0.2, -0.15) is 0 Å². The fourth-order valence-corrected chi connectivity index (χ4v) is 6.35. The molecule has 1 radical (unpaired) electrons. The van der Waals surface area contributed by atoms with Crippen LogP contribution >= 0.6 is 0 Å². The van der Waals surface area contributed by atoms with Crippen LogP contribution in [0.3, 0.4) is 0 Å². The molecule has 2 aliphatic carbocycles. The Kier molecular flexibility index (Phi) is 8.86. The molecule has 3 heterocycles. The van der Waals surface area contributed by atoms with Crippen LogP contribution in [0.1, 0.15) is 71.6 Å². The van der Waals surface area contributed by atoms with Gasteiger partial charge < -0.3 is 19.9 Å². The predicted octanol–water partition coefficient (Wildman–Crippen LogP) is 7.71. The van der Waals surface area contributed by atoms with Crippen LogP contribution < -0.4 is 9.80 Å². The van der Waals surface area contributed by atoms with E-state index in [1.165, 1.54) is 84.4 Å². The zero-order chi connectivity index (χ0) is 27.6. The van der Waals surface area contributed by atoms with E-state index in [0.29, 0.717) is 5.92 Å². The van der Waals surface area contributed by atoms with Crippen molar-refractivity contribution in [3.05, 3.63) is 95.4 Å². The summed E-state index contributed by atoms with van der Waals surface area (Å²) < 4.78 is 0. The van der Waals surface area contributed by atoms with Crippen LogP contribution in [0.2, 0.25) is 0 Å². The number of benzene rings is 2. The molecule has 41 heavy (non-hydrogen) atoms. The molecule has 2 aromatic carbocycles. The number of hydrogen-bond donors (Lipinski definition) is 1. The molecule has 1 aliphatic heterocycles. The van der Waals surface area contributed by atoms with Crippen molar-refractivity contribution in [1.82, 2.24) is 9.97 Å². The molecule has 0 unspecified atom stereocenters. The van der Waals surface area contributed by atoms with Gasteiger partial charge in [-0.1, -0.05) is 48.2 Å². The molecule has 1 N–H and O–H groups in total. The van der Waals surface area contributed by atoms with Crippen molar-refractivity contribution in [2.75, 3.05) is 23.9 Å². The molecule has 0 amide bonds. The van der Waals surface area contributed by atoms with Gasteiger partial charge >= 0.3 is 5.97 Å². The molecular weight excluding hydrogens is 689 g/mol. The van der Waals surface area contributed by atoms with Gasteiger partial charge in [0.2, 0.25) is 0 Å². The number of nitrogens with zero attached hydrogens (tertiary/aromatic N) is 4. The van der Waals surface area contributed by atoms with E-state index >= 15 is 0 Å². The molecule has 3 aliphatic rings. The van der Waals surface area contributed by atoms with Crippen molar-refractivity contribution in [1.29, 1.82) is 0 Å². The topological polar surface area (TPSA) is 69.6 Å². The zero-order valence-electron chi connectivity index (χ0n) is 23.6. The Hall–Kier alpha value is -3.54. The molecule has 213 valence electrons. The van der Waals surface area contributed by atoms with E-state index in [9.17, 15) is 4.79 Å². The number of hydrogen-bond acceptors (Lipinski definition) is 5. The molecule has 2 aromatic heterocycles. The predicted molar refractivity (Wildman–Crippen MR) is 160 cm³/mol. The first-order valence-electron chi connectivity index (χ1n) is 14.3. The van der Waals surface area contributed by atoms with E-state index < -0.39 is 5.97 Å². The van der Waals surface area contributed by atoms with Gasteiger partial charge in [0.15, 0.2) is 0 Å². The van der Waals surface area contributed by atoms with Crippen LogP contribution in [-0.4, -0.2) is 35.1 Å². The number of para-hydroxylation sites is 2. The molecule has 7 rings (SSSR count). The van der Waals surface area contributed by atoms with Crippen molar-refractivity contribution in [2.24, 2.45) is 0 Å². The summed E-state index contributed by atoms with van der Waals surface area (Å²) in [5.41, 5.74) is 11.1. The largest absolute Gasteiger partial charge is 0.477 e. The number of aromatic nitrogens is 2. The van der Waals surface area contributed by atoms with Gasteiger partial charge in [-0.15, -0.1) is 18.2 Å². The second kappa shape index (κ2) is 12.5. The van der Waals surface area contributed by atoms with Crippen molar-refractivity contribution >= 4 is 28.7 Å². The van der Waals surface area contributed by atoms with Crippen LogP contribution in [0, 0.1) is 6.07 Å². The van der Waals surface area contributed by atoms with E-state index in [1.54, 1.807) is 12.3 Å². The SMILES string of the molecule is CN1c2ccccc2N(C)c2c(-c3cc4c(cn3)CCCC4)[c-]ccc21.O=C(O)c1ccc(C2CCCC2)cn1.[Ir]. The Morgan fingerprint density at radius 3 is 2.24 bits per heavy atom. The van der Waals surface area contributed by atoms with E-state index in [-0.39, 0.29) is 25.8 Å². The van der Waals surface area contributed by atoms with E-state index in [4.69, 9.17) is 10.1 Å². The van der Waals surface area contributed by atoms with Gasteiger partial charge in [0.25, 0.3) is 0 Å². The van der Waals surface area contributed by atoms with Crippen LogP contribution in [0.25, 0.3) is 11.3 Å². The minimum atomic E-state index is -0.956. The number of anilines is 4. The summed E-state index contributed by atoms with van der Waals surface area (Å²) in [6.45, 7) is 0. The molecular formula is C34H35IrN4O2-. The maximum absolute atomic E-state index is 10.6. The first-order valence-corrected chi connectivity index (χ1v) is 14.3. The van der Waals surface area contributed by atoms with Gasteiger partial charge in [-0.3, -0.25) is 0 Å². The Labute approximate surface area is 255 Å². The fourth-order valence-electron chi connectivity index (χ4n) is 6.35. The first kappa shape index (κ1) is 29.0. The Balaban J connectivity index is 0.000000192. The molecule has 4 aromatic rings. The summed E-state index contributed by atoms with van der Waals surface area (Å²) in [5.74, 6) is -0.353. The third kappa shape index (κ3) is 5.79. The average Bonchev–Trinajstić information content (AvgIpc) is 3.55. The summed E-state index contributed by atoms with van der Waals surface area (Å²) >= 11 is 0. The third-order valence-electron chi connectivity index (χ3n) is 8.56. The van der Waals surface area contributed by atoms with Crippen molar-refractivity contribution in [3.8, 4) is 11.3 Å². The summed E-state index contributed by atoms with van der Waals surface area (Å²) in [6.07, 6.45) is 13.7. The van der Waals surface area contributed by atoms with E-state index in [0.717, 1.165) is 17.7 Å². The van der Waals surface area contributed by atoms with Crippen molar-refractivity contribution in [3.63, 3.8) is 0 Å². The summed E-state index contributed by atoms with van der Waals surface area (Å²) in [6, 6.07) is 21.9. The smallest absolute Gasteiger partial charge is 0.354 e. The number of pyridine rings is 2. The first-order chi connectivity index (χ1) is 19.5. The molecule has 1 saturated carbocycles. The molecule has 0 bridgehead atoms. The van der Waals surface area contributed by atoms with Gasteiger partial charge in [0, 0.05) is 46.6 Å². The van der Waals surface area contributed by atoms with Gasteiger partial charge in [-0.25, -0.2) is 9.78 Å². The van der Waals surface area contributed by atoms with Crippen molar-refractivity contribution in [2.45, 2.75) is 57.3 Å². The molecule has 0 atom stereocenters.